The van der Waals surface area contributed by atoms with E-state index in [2.05, 4.69) is 10.3 Å². The van der Waals surface area contributed by atoms with Crippen molar-refractivity contribution in [2.24, 2.45) is 0 Å². The van der Waals surface area contributed by atoms with Crippen LogP contribution in [0.2, 0.25) is 10.0 Å². The average molecular weight is 395 g/mol. The average Bonchev–Trinajstić information content (AvgIpc) is 3.08. The monoisotopic (exact) mass is 394 g/mol. The van der Waals surface area contributed by atoms with Crippen molar-refractivity contribution in [1.82, 2.24) is 4.98 Å². The van der Waals surface area contributed by atoms with Gasteiger partial charge in [-0.1, -0.05) is 23.2 Å². The van der Waals surface area contributed by atoms with Gasteiger partial charge < -0.3 is 24.5 Å². The van der Waals surface area contributed by atoms with Crippen LogP contribution < -0.4 is 19.5 Å². The number of hydrogen-bond donors (Lipinski definition) is 2. The van der Waals surface area contributed by atoms with Crippen LogP contribution >= 0.6 is 23.2 Å². The predicted octanol–water partition coefficient (Wildman–Crippen LogP) is 4.75. The lowest BCUT2D eigenvalue weighted by atomic mass is 10.2. The Bertz CT molecular complexity index is 985. The Morgan fingerprint density at radius 1 is 0.962 bits per heavy atom. The second kappa shape index (κ2) is 7.35. The van der Waals surface area contributed by atoms with Crippen molar-refractivity contribution >= 4 is 45.7 Å². The highest BCUT2D eigenvalue weighted by Crippen LogP contribution is 2.41. The van der Waals surface area contributed by atoms with Gasteiger partial charge in [-0.25, -0.2) is 0 Å². The molecule has 3 rings (SSSR count). The molecule has 0 spiro atoms. The first-order valence-electron chi connectivity index (χ1n) is 7.56. The maximum atomic E-state index is 12.6. The summed E-state index contributed by atoms with van der Waals surface area (Å²) in [5.74, 6) is 1.19. The molecule has 6 nitrogen and oxygen atoms in total. The topological polar surface area (TPSA) is 72.6 Å². The van der Waals surface area contributed by atoms with Crippen LogP contribution in [0.1, 0.15) is 10.5 Å². The minimum Gasteiger partial charge on any atom is -0.496 e. The molecule has 2 aromatic carbocycles. The zero-order valence-corrected chi connectivity index (χ0v) is 15.8. The highest BCUT2D eigenvalue weighted by Gasteiger charge is 2.19. The lowest BCUT2D eigenvalue weighted by molar-refractivity contribution is 0.102. The van der Waals surface area contributed by atoms with Gasteiger partial charge in [-0.05, 0) is 24.3 Å². The summed E-state index contributed by atoms with van der Waals surface area (Å²) in [7, 11) is 4.60. The van der Waals surface area contributed by atoms with Crippen molar-refractivity contribution < 1.29 is 19.0 Å². The van der Waals surface area contributed by atoms with E-state index in [-0.39, 0.29) is 5.91 Å². The molecule has 3 aromatic rings. The van der Waals surface area contributed by atoms with E-state index in [1.54, 1.807) is 37.4 Å². The number of hydrogen-bond acceptors (Lipinski definition) is 4. The molecular formula is C18H16Cl2N2O4. The standard InChI is InChI=1S/C18H16Cl2N2O4/c1-24-14-8-15(25-2)17(26-3)16-10(14)7-13(22-16)18(23)21-9-4-5-11(19)12(20)6-9/h4-8,22H,1-3H3,(H,21,23). The summed E-state index contributed by atoms with van der Waals surface area (Å²) in [5, 5.41) is 4.23. The number of rotatable bonds is 5. The third kappa shape index (κ3) is 3.25. The molecule has 0 atom stereocenters. The Kier molecular flexibility index (Phi) is 5.15. The number of methoxy groups -OCH3 is 3. The van der Waals surface area contributed by atoms with Gasteiger partial charge in [0.15, 0.2) is 11.5 Å². The second-order valence-corrected chi connectivity index (χ2v) is 6.18. The van der Waals surface area contributed by atoms with Crippen molar-refractivity contribution in [3.63, 3.8) is 0 Å². The molecule has 0 bridgehead atoms. The van der Waals surface area contributed by atoms with Crippen LogP contribution in [-0.2, 0) is 0 Å². The van der Waals surface area contributed by atoms with Crippen LogP contribution in [0, 0.1) is 0 Å². The van der Waals surface area contributed by atoms with E-state index in [9.17, 15) is 4.79 Å². The second-order valence-electron chi connectivity index (χ2n) is 5.37. The molecule has 0 aliphatic rings. The molecule has 0 unspecified atom stereocenters. The molecule has 0 saturated heterocycles. The smallest absolute Gasteiger partial charge is 0.272 e. The molecular weight excluding hydrogens is 379 g/mol. The maximum absolute atomic E-state index is 12.6. The number of benzene rings is 2. The van der Waals surface area contributed by atoms with E-state index in [0.29, 0.717) is 49.6 Å². The zero-order valence-electron chi connectivity index (χ0n) is 14.3. The van der Waals surface area contributed by atoms with Crippen molar-refractivity contribution in [1.29, 1.82) is 0 Å². The number of nitrogens with one attached hydrogen (secondary N) is 2. The molecule has 2 N–H and O–H groups in total. The summed E-state index contributed by atoms with van der Waals surface area (Å²) < 4.78 is 16.1. The number of amides is 1. The van der Waals surface area contributed by atoms with Gasteiger partial charge in [0.1, 0.15) is 11.4 Å². The Morgan fingerprint density at radius 3 is 2.31 bits per heavy atom. The number of aromatic amines is 1. The molecule has 0 fully saturated rings. The lowest BCUT2D eigenvalue weighted by Gasteiger charge is -2.11. The maximum Gasteiger partial charge on any atom is 0.272 e. The molecule has 0 aliphatic heterocycles. The van der Waals surface area contributed by atoms with Gasteiger partial charge in [0.25, 0.3) is 5.91 Å². The number of carbonyl (C=O) groups is 1. The van der Waals surface area contributed by atoms with Crippen molar-refractivity contribution in [3.05, 3.63) is 46.1 Å². The molecule has 1 aromatic heterocycles. The normalized spacial score (nSPS) is 10.7. The van der Waals surface area contributed by atoms with Crippen LogP contribution in [-0.4, -0.2) is 32.2 Å². The van der Waals surface area contributed by atoms with Crippen molar-refractivity contribution in [2.75, 3.05) is 26.6 Å². The largest absolute Gasteiger partial charge is 0.496 e. The highest BCUT2D eigenvalue weighted by atomic mass is 35.5. The Balaban J connectivity index is 2.02. The summed E-state index contributed by atoms with van der Waals surface area (Å²) in [6, 6.07) is 8.24. The zero-order chi connectivity index (χ0) is 18.8. The van der Waals surface area contributed by atoms with Gasteiger partial charge in [0, 0.05) is 17.1 Å². The number of fused-ring (bicyclic) bond motifs is 1. The minimum atomic E-state index is -0.345. The fraction of sp³-hybridized carbons (Fsp3) is 0.167. The lowest BCUT2D eigenvalue weighted by Crippen LogP contribution is -2.12. The first kappa shape index (κ1) is 18.2. The van der Waals surface area contributed by atoms with Gasteiger partial charge in [0.05, 0.1) is 36.9 Å². The van der Waals surface area contributed by atoms with Crippen LogP contribution in [0.4, 0.5) is 5.69 Å². The van der Waals surface area contributed by atoms with Gasteiger partial charge in [-0.15, -0.1) is 0 Å². The van der Waals surface area contributed by atoms with Crippen LogP contribution in [0.3, 0.4) is 0 Å². The van der Waals surface area contributed by atoms with E-state index in [4.69, 9.17) is 37.4 Å². The molecule has 0 saturated carbocycles. The Morgan fingerprint density at radius 2 is 1.69 bits per heavy atom. The first-order chi connectivity index (χ1) is 12.5. The van der Waals surface area contributed by atoms with Crippen molar-refractivity contribution in [2.45, 2.75) is 0 Å². The minimum absolute atomic E-state index is 0.330. The number of aromatic nitrogens is 1. The summed E-state index contributed by atoms with van der Waals surface area (Å²) in [5.41, 5.74) is 1.46. The first-order valence-corrected chi connectivity index (χ1v) is 8.32. The van der Waals surface area contributed by atoms with E-state index in [1.807, 2.05) is 0 Å². The molecule has 0 aliphatic carbocycles. The van der Waals surface area contributed by atoms with Crippen LogP contribution in [0.15, 0.2) is 30.3 Å². The third-order valence-corrected chi connectivity index (χ3v) is 4.60. The Hall–Kier alpha value is -2.57. The summed E-state index contributed by atoms with van der Waals surface area (Å²) >= 11 is 11.9. The molecule has 26 heavy (non-hydrogen) atoms. The van der Waals surface area contributed by atoms with Crippen molar-refractivity contribution in [3.8, 4) is 17.2 Å². The van der Waals surface area contributed by atoms with Gasteiger partial charge in [-0.2, -0.15) is 0 Å². The number of H-pyrrole nitrogens is 1. The molecule has 8 heteroatoms. The van der Waals surface area contributed by atoms with Gasteiger partial charge in [0.2, 0.25) is 0 Å². The van der Waals surface area contributed by atoms with E-state index in [1.165, 1.54) is 14.2 Å². The predicted molar refractivity (Wildman–Crippen MR) is 102 cm³/mol. The fourth-order valence-corrected chi connectivity index (χ4v) is 2.93. The number of ether oxygens (including phenoxy) is 3. The van der Waals surface area contributed by atoms with E-state index >= 15 is 0 Å². The third-order valence-electron chi connectivity index (χ3n) is 3.86. The summed E-state index contributed by atoms with van der Waals surface area (Å²) in [6.07, 6.45) is 0. The number of anilines is 1. The molecule has 1 amide bonds. The summed E-state index contributed by atoms with van der Waals surface area (Å²) in [4.78, 5) is 15.7. The molecule has 136 valence electrons. The van der Waals surface area contributed by atoms with Gasteiger partial charge in [-0.3, -0.25) is 4.79 Å². The highest BCUT2D eigenvalue weighted by molar-refractivity contribution is 6.42. The quantitative estimate of drug-likeness (QED) is 0.654. The molecule has 1 heterocycles. The van der Waals surface area contributed by atoms with E-state index in [0.717, 1.165) is 0 Å². The summed E-state index contributed by atoms with van der Waals surface area (Å²) in [6.45, 7) is 0. The van der Waals surface area contributed by atoms with Crippen LogP contribution in [0.5, 0.6) is 17.2 Å². The number of halogens is 2. The van der Waals surface area contributed by atoms with E-state index < -0.39 is 0 Å². The van der Waals surface area contributed by atoms with Crippen LogP contribution in [0.25, 0.3) is 10.9 Å². The number of carbonyl (C=O) groups excluding carboxylic acids is 1. The van der Waals surface area contributed by atoms with Gasteiger partial charge >= 0.3 is 0 Å². The Labute approximate surface area is 159 Å². The molecule has 0 radical (unpaired) electrons. The SMILES string of the molecule is COc1cc(OC)c2cc(C(=O)Nc3ccc(Cl)c(Cl)c3)[nH]c2c1OC. The fourth-order valence-electron chi connectivity index (χ4n) is 2.63.